The fourth-order valence-corrected chi connectivity index (χ4v) is 3.77. The van der Waals surface area contributed by atoms with Crippen LogP contribution in [0, 0.1) is 5.41 Å². The Morgan fingerprint density at radius 2 is 2.22 bits per heavy atom. The number of carbonyl (C=O) groups excluding carboxylic acids is 1. The third-order valence-electron chi connectivity index (χ3n) is 4.44. The molecule has 1 fully saturated rings. The summed E-state index contributed by atoms with van der Waals surface area (Å²) in [7, 11) is 3.99. The zero-order valence-corrected chi connectivity index (χ0v) is 15.9. The number of hydrogen-bond donors (Lipinski definition) is 0. The molecule has 23 heavy (non-hydrogen) atoms. The summed E-state index contributed by atoms with van der Waals surface area (Å²) in [6.07, 6.45) is 6.20. The van der Waals surface area contributed by atoms with Gasteiger partial charge in [-0.3, -0.25) is 4.79 Å². The average molecular weight is 336 g/mol. The molecule has 1 aliphatic heterocycles. The number of likely N-dealkylation sites (tertiary alicyclic amines) is 1. The first kappa shape index (κ1) is 18.0. The molecule has 0 unspecified atom stereocenters. The Kier molecular flexibility index (Phi) is 5.84. The molecular formula is C18H29N3OS. The highest BCUT2D eigenvalue weighted by Crippen LogP contribution is 2.35. The first-order valence-corrected chi connectivity index (χ1v) is 9.20. The van der Waals surface area contributed by atoms with Crippen LogP contribution in [0.25, 0.3) is 0 Å². The van der Waals surface area contributed by atoms with Gasteiger partial charge in [0.2, 0.25) is 5.91 Å². The molecule has 128 valence electrons. The molecule has 1 aromatic heterocycles. The maximum Gasteiger partial charge on any atom is 0.222 e. The van der Waals surface area contributed by atoms with Crippen molar-refractivity contribution in [3.05, 3.63) is 22.7 Å². The van der Waals surface area contributed by atoms with E-state index in [0.29, 0.717) is 13.0 Å². The highest BCUT2D eigenvalue weighted by atomic mass is 32.1. The molecule has 0 aromatic carbocycles. The number of amides is 1. The van der Waals surface area contributed by atoms with Gasteiger partial charge in [0.1, 0.15) is 0 Å². The summed E-state index contributed by atoms with van der Waals surface area (Å²) < 4.78 is 0. The molecule has 0 spiro atoms. The Morgan fingerprint density at radius 3 is 2.83 bits per heavy atom. The van der Waals surface area contributed by atoms with Gasteiger partial charge in [0, 0.05) is 32.4 Å². The van der Waals surface area contributed by atoms with Gasteiger partial charge in [-0.2, -0.15) is 0 Å². The van der Waals surface area contributed by atoms with E-state index >= 15 is 0 Å². The molecule has 4 nitrogen and oxygen atoms in total. The van der Waals surface area contributed by atoms with Crippen molar-refractivity contribution in [1.29, 1.82) is 0 Å². The molecule has 0 aliphatic carbocycles. The van der Waals surface area contributed by atoms with E-state index in [4.69, 9.17) is 0 Å². The minimum atomic E-state index is 0.222. The van der Waals surface area contributed by atoms with Crippen LogP contribution in [0.1, 0.15) is 52.1 Å². The third-order valence-corrected chi connectivity index (χ3v) is 5.50. The largest absolute Gasteiger partial charge is 0.354 e. The Hall–Kier alpha value is -1.36. The summed E-state index contributed by atoms with van der Waals surface area (Å²) in [5.41, 5.74) is 2.59. The van der Waals surface area contributed by atoms with Crippen LogP contribution in [0.3, 0.4) is 0 Å². The normalized spacial score (nSPS) is 21.4. The van der Waals surface area contributed by atoms with E-state index in [1.807, 2.05) is 23.9 Å². The molecule has 5 heteroatoms. The zero-order chi connectivity index (χ0) is 17.0. The highest BCUT2D eigenvalue weighted by molar-refractivity contribution is 7.13. The number of thiazole rings is 1. The van der Waals surface area contributed by atoms with Gasteiger partial charge in [-0.05, 0) is 38.5 Å². The van der Waals surface area contributed by atoms with Crippen molar-refractivity contribution in [2.75, 3.05) is 25.5 Å². The molecule has 1 aliphatic rings. The fourth-order valence-electron chi connectivity index (χ4n) is 3.02. The maximum absolute atomic E-state index is 12.3. The molecule has 1 atom stereocenters. The van der Waals surface area contributed by atoms with Crippen molar-refractivity contribution in [2.24, 2.45) is 5.41 Å². The van der Waals surface area contributed by atoms with E-state index in [1.165, 1.54) is 5.57 Å². The first-order valence-electron chi connectivity index (χ1n) is 8.32. The number of rotatable bonds is 6. The van der Waals surface area contributed by atoms with Gasteiger partial charge >= 0.3 is 0 Å². The second kappa shape index (κ2) is 7.47. The Balaban J connectivity index is 1.99. The predicted molar refractivity (Wildman–Crippen MR) is 97.9 cm³/mol. The lowest BCUT2D eigenvalue weighted by atomic mass is 9.77. The van der Waals surface area contributed by atoms with Crippen LogP contribution < -0.4 is 4.90 Å². The molecule has 0 bridgehead atoms. The smallest absolute Gasteiger partial charge is 0.222 e. The van der Waals surface area contributed by atoms with E-state index < -0.39 is 0 Å². The molecule has 0 radical (unpaired) electrons. The van der Waals surface area contributed by atoms with E-state index in [2.05, 4.69) is 37.2 Å². The van der Waals surface area contributed by atoms with Crippen LogP contribution in [0.4, 0.5) is 5.13 Å². The van der Waals surface area contributed by atoms with E-state index in [0.717, 1.165) is 36.6 Å². The number of aromatic nitrogens is 1. The lowest BCUT2D eigenvalue weighted by Gasteiger charge is -2.40. The standard InChI is InChI=1S/C18H29N3OS/c1-14(2)7-6-9-18(3)10-8-16(22)21(13-18)11-15-12-23-17(19-15)20(4)5/h7,12H,6,8-11,13H2,1-5H3/t18-/m0/s1. The van der Waals surface area contributed by atoms with Crippen LogP contribution in [0.15, 0.2) is 17.0 Å². The van der Waals surface area contributed by atoms with Crippen molar-refractivity contribution >= 4 is 22.4 Å². The average Bonchev–Trinajstić information content (AvgIpc) is 2.91. The minimum absolute atomic E-state index is 0.222. The van der Waals surface area contributed by atoms with Gasteiger partial charge in [0.15, 0.2) is 5.13 Å². The van der Waals surface area contributed by atoms with Crippen LogP contribution in [0.5, 0.6) is 0 Å². The van der Waals surface area contributed by atoms with Gasteiger partial charge in [-0.25, -0.2) is 4.98 Å². The number of anilines is 1. The van der Waals surface area contributed by atoms with Gasteiger partial charge < -0.3 is 9.80 Å². The van der Waals surface area contributed by atoms with Gasteiger partial charge in [0.25, 0.3) is 0 Å². The first-order chi connectivity index (χ1) is 10.8. The molecule has 0 saturated carbocycles. The Bertz CT molecular complexity index is 575. The van der Waals surface area contributed by atoms with Crippen LogP contribution in [-0.4, -0.2) is 36.4 Å². The lowest BCUT2D eigenvalue weighted by molar-refractivity contribution is -0.138. The summed E-state index contributed by atoms with van der Waals surface area (Å²) in [6.45, 7) is 8.09. The highest BCUT2D eigenvalue weighted by Gasteiger charge is 2.34. The zero-order valence-electron chi connectivity index (χ0n) is 15.1. The van der Waals surface area contributed by atoms with Gasteiger partial charge in [0.05, 0.1) is 12.2 Å². The predicted octanol–water partition coefficient (Wildman–Crippen LogP) is 4.08. The van der Waals surface area contributed by atoms with E-state index in [1.54, 1.807) is 11.3 Å². The number of carbonyl (C=O) groups is 1. The second-order valence-electron chi connectivity index (χ2n) is 7.40. The molecule has 0 N–H and O–H groups in total. The van der Waals surface area contributed by atoms with Crippen molar-refractivity contribution < 1.29 is 4.79 Å². The fraction of sp³-hybridized carbons (Fsp3) is 0.667. The summed E-state index contributed by atoms with van der Waals surface area (Å²) in [5.74, 6) is 0.268. The monoisotopic (exact) mass is 335 g/mol. The van der Waals surface area contributed by atoms with Gasteiger partial charge in [-0.1, -0.05) is 18.6 Å². The second-order valence-corrected chi connectivity index (χ2v) is 8.23. The van der Waals surface area contributed by atoms with Crippen molar-refractivity contribution in [3.8, 4) is 0 Å². The topological polar surface area (TPSA) is 36.4 Å². The van der Waals surface area contributed by atoms with Gasteiger partial charge in [-0.15, -0.1) is 11.3 Å². The molecule has 2 rings (SSSR count). The number of allylic oxidation sites excluding steroid dienone is 2. The lowest BCUT2D eigenvalue weighted by Crippen LogP contribution is -2.44. The summed E-state index contributed by atoms with van der Waals surface area (Å²) >= 11 is 1.63. The van der Waals surface area contributed by atoms with E-state index in [-0.39, 0.29) is 11.3 Å². The number of piperidine rings is 1. The SMILES string of the molecule is CC(C)=CCC[C@@]1(C)CCC(=O)N(Cc2csc(N(C)C)n2)C1. The Labute approximate surface area is 144 Å². The molecule has 1 aromatic rings. The van der Waals surface area contributed by atoms with Crippen molar-refractivity contribution in [3.63, 3.8) is 0 Å². The van der Waals surface area contributed by atoms with Crippen LogP contribution in [0.2, 0.25) is 0 Å². The molecule has 2 heterocycles. The van der Waals surface area contributed by atoms with Crippen LogP contribution >= 0.6 is 11.3 Å². The third kappa shape index (κ3) is 5.06. The number of hydrogen-bond acceptors (Lipinski definition) is 4. The van der Waals surface area contributed by atoms with Crippen molar-refractivity contribution in [2.45, 2.75) is 53.0 Å². The summed E-state index contributed by atoms with van der Waals surface area (Å²) in [5, 5.41) is 3.06. The van der Waals surface area contributed by atoms with Crippen LogP contribution in [-0.2, 0) is 11.3 Å². The number of nitrogens with zero attached hydrogens (tertiary/aromatic N) is 3. The maximum atomic E-state index is 12.3. The summed E-state index contributed by atoms with van der Waals surface area (Å²) in [4.78, 5) is 20.9. The summed E-state index contributed by atoms with van der Waals surface area (Å²) in [6, 6.07) is 0. The quantitative estimate of drug-likeness (QED) is 0.735. The minimum Gasteiger partial charge on any atom is -0.354 e. The molecular weight excluding hydrogens is 306 g/mol. The molecule has 1 saturated heterocycles. The molecule has 1 amide bonds. The Morgan fingerprint density at radius 1 is 1.48 bits per heavy atom. The van der Waals surface area contributed by atoms with Crippen molar-refractivity contribution in [1.82, 2.24) is 9.88 Å². The van der Waals surface area contributed by atoms with E-state index in [9.17, 15) is 4.79 Å².